The number of amides is 1. The van der Waals surface area contributed by atoms with Crippen LogP contribution in [0.25, 0.3) is 0 Å². The fourth-order valence-electron chi connectivity index (χ4n) is 2.13. The molecule has 1 unspecified atom stereocenters. The molecule has 2 aromatic rings. The quantitative estimate of drug-likeness (QED) is 0.881. The number of nitriles is 1. The third kappa shape index (κ3) is 3.65. The zero-order chi connectivity index (χ0) is 15.2. The van der Waals surface area contributed by atoms with Crippen LogP contribution >= 0.6 is 12.6 Å². The Morgan fingerprint density at radius 2 is 1.81 bits per heavy atom. The largest absolute Gasteiger partial charge is 0.313 e. The van der Waals surface area contributed by atoms with Crippen molar-refractivity contribution in [2.45, 2.75) is 11.7 Å². The van der Waals surface area contributed by atoms with Crippen molar-refractivity contribution in [3.63, 3.8) is 0 Å². The molecule has 0 aliphatic heterocycles. The van der Waals surface area contributed by atoms with Gasteiger partial charge in [0.05, 0.1) is 16.5 Å². The second-order valence-electron chi connectivity index (χ2n) is 4.73. The number of carbonyl (C=O) groups is 1. The number of hydrogen-bond acceptors (Lipinski definition) is 3. The highest BCUT2D eigenvalue weighted by Crippen LogP contribution is 2.20. The molecule has 1 atom stereocenters. The molecule has 0 N–H and O–H groups in total. The van der Waals surface area contributed by atoms with Gasteiger partial charge >= 0.3 is 0 Å². The number of rotatable bonds is 4. The minimum absolute atomic E-state index is 0.120. The fraction of sp³-hybridized carbons (Fsp3) is 0.176. The summed E-state index contributed by atoms with van der Waals surface area (Å²) in [5, 5.41) is 8.68. The number of carbonyl (C=O) groups excluding carboxylic acids is 1. The van der Waals surface area contributed by atoms with E-state index in [-0.39, 0.29) is 5.91 Å². The fourth-order valence-corrected chi connectivity index (χ4v) is 2.51. The molecule has 0 spiro atoms. The Kier molecular flexibility index (Phi) is 5.02. The summed E-state index contributed by atoms with van der Waals surface area (Å²) in [4.78, 5) is 14.0. The van der Waals surface area contributed by atoms with Crippen molar-refractivity contribution >= 4 is 24.2 Å². The first kappa shape index (κ1) is 15.1. The molecule has 21 heavy (non-hydrogen) atoms. The van der Waals surface area contributed by atoms with Crippen LogP contribution in [0.5, 0.6) is 0 Å². The maximum absolute atomic E-state index is 12.5. The average Bonchev–Trinajstić information content (AvgIpc) is 2.54. The van der Waals surface area contributed by atoms with Crippen LogP contribution in [0.2, 0.25) is 0 Å². The summed E-state index contributed by atoms with van der Waals surface area (Å²) in [7, 11) is 1.67. The summed E-state index contributed by atoms with van der Waals surface area (Å²) >= 11 is 4.42. The van der Waals surface area contributed by atoms with Gasteiger partial charge in [0.15, 0.2) is 0 Å². The van der Waals surface area contributed by atoms with E-state index in [0.717, 1.165) is 5.56 Å². The molecule has 0 heterocycles. The normalized spacial score (nSPS) is 11.5. The molecule has 106 valence electrons. The lowest BCUT2D eigenvalue weighted by atomic mass is 10.1. The van der Waals surface area contributed by atoms with E-state index >= 15 is 0 Å². The van der Waals surface area contributed by atoms with Gasteiger partial charge in [-0.2, -0.15) is 17.9 Å². The van der Waals surface area contributed by atoms with Gasteiger partial charge in [-0.3, -0.25) is 4.79 Å². The lowest BCUT2D eigenvalue weighted by Gasteiger charge is -2.22. The lowest BCUT2D eigenvalue weighted by Crippen LogP contribution is -2.35. The number of anilines is 1. The molecule has 0 saturated heterocycles. The highest BCUT2D eigenvalue weighted by molar-refractivity contribution is 7.81. The Bertz CT molecular complexity index is 664. The van der Waals surface area contributed by atoms with Crippen molar-refractivity contribution < 1.29 is 4.79 Å². The van der Waals surface area contributed by atoms with Crippen LogP contribution in [0, 0.1) is 11.3 Å². The van der Waals surface area contributed by atoms with Crippen LogP contribution in [-0.4, -0.2) is 18.2 Å². The van der Waals surface area contributed by atoms with Crippen LogP contribution in [0.15, 0.2) is 54.6 Å². The van der Waals surface area contributed by atoms with Gasteiger partial charge in [0.2, 0.25) is 5.91 Å². The van der Waals surface area contributed by atoms with Crippen molar-refractivity contribution in [3.8, 4) is 6.07 Å². The van der Waals surface area contributed by atoms with Crippen molar-refractivity contribution in [2.75, 3.05) is 11.9 Å². The van der Waals surface area contributed by atoms with E-state index in [1.807, 2.05) is 36.4 Å². The van der Waals surface area contributed by atoms with Gasteiger partial charge in [0, 0.05) is 7.05 Å². The van der Waals surface area contributed by atoms with E-state index in [0.29, 0.717) is 17.7 Å². The molecule has 0 fully saturated rings. The highest BCUT2D eigenvalue weighted by Gasteiger charge is 2.21. The van der Waals surface area contributed by atoms with E-state index in [1.165, 1.54) is 4.90 Å². The first-order chi connectivity index (χ1) is 10.1. The molecule has 0 aliphatic rings. The van der Waals surface area contributed by atoms with Gasteiger partial charge in [-0.25, -0.2) is 0 Å². The Balaban J connectivity index is 2.14. The van der Waals surface area contributed by atoms with Crippen molar-refractivity contribution in [1.82, 2.24) is 0 Å². The molecule has 2 rings (SSSR count). The number of para-hydroxylation sites is 1. The maximum Gasteiger partial charge on any atom is 0.239 e. The zero-order valence-corrected chi connectivity index (χ0v) is 12.6. The van der Waals surface area contributed by atoms with Crippen molar-refractivity contribution in [1.29, 1.82) is 5.26 Å². The molecule has 1 amide bonds. The van der Waals surface area contributed by atoms with E-state index in [4.69, 9.17) is 5.26 Å². The van der Waals surface area contributed by atoms with Gasteiger partial charge in [-0.05, 0) is 24.1 Å². The van der Waals surface area contributed by atoms with Crippen LogP contribution in [0.3, 0.4) is 0 Å². The molecule has 0 aromatic heterocycles. The van der Waals surface area contributed by atoms with Crippen molar-refractivity contribution in [2.24, 2.45) is 0 Å². The van der Waals surface area contributed by atoms with Gasteiger partial charge < -0.3 is 4.90 Å². The summed E-state index contributed by atoms with van der Waals surface area (Å²) in [5.74, 6) is -0.120. The standard InChI is InChI=1S/C17H16N2OS/c1-19(15-10-6-5-9-14(15)12-18)17(20)16(21)11-13-7-3-2-4-8-13/h2-10,16,21H,11H2,1H3. The van der Waals surface area contributed by atoms with E-state index in [2.05, 4.69) is 18.7 Å². The molecular formula is C17H16N2OS. The number of nitrogens with zero attached hydrogens (tertiary/aromatic N) is 2. The molecular weight excluding hydrogens is 280 g/mol. The lowest BCUT2D eigenvalue weighted by molar-refractivity contribution is -0.117. The summed E-state index contributed by atoms with van der Waals surface area (Å²) in [6, 6.07) is 18.9. The van der Waals surface area contributed by atoms with Crippen molar-refractivity contribution in [3.05, 3.63) is 65.7 Å². The molecule has 0 saturated carbocycles. The van der Waals surface area contributed by atoms with Gasteiger partial charge in [-0.15, -0.1) is 0 Å². The van der Waals surface area contributed by atoms with E-state index in [1.54, 1.807) is 25.2 Å². The van der Waals surface area contributed by atoms with Crippen LogP contribution < -0.4 is 4.90 Å². The first-order valence-corrected chi connectivity index (χ1v) is 7.14. The summed E-state index contributed by atoms with van der Waals surface area (Å²) in [6.07, 6.45) is 0.557. The maximum atomic E-state index is 12.5. The zero-order valence-electron chi connectivity index (χ0n) is 11.7. The number of thiol groups is 1. The Hall–Kier alpha value is -2.25. The average molecular weight is 296 g/mol. The van der Waals surface area contributed by atoms with Crippen LogP contribution in [0.1, 0.15) is 11.1 Å². The second kappa shape index (κ2) is 6.96. The second-order valence-corrected chi connectivity index (χ2v) is 5.36. The van der Waals surface area contributed by atoms with E-state index < -0.39 is 5.25 Å². The van der Waals surface area contributed by atoms with Gasteiger partial charge in [0.1, 0.15) is 6.07 Å². The first-order valence-electron chi connectivity index (χ1n) is 6.62. The third-order valence-corrected chi connectivity index (χ3v) is 3.68. The summed E-state index contributed by atoms with van der Waals surface area (Å²) in [6.45, 7) is 0. The molecule has 3 nitrogen and oxygen atoms in total. The predicted octanol–water partition coefficient (Wildman–Crippen LogP) is 3.06. The molecule has 0 aliphatic carbocycles. The Morgan fingerprint density at radius 1 is 1.19 bits per heavy atom. The SMILES string of the molecule is CN(C(=O)C(S)Cc1ccccc1)c1ccccc1C#N. The monoisotopic (exact) mass is 296 g/mol. The van der Waals surface area contributed by atoms with Crippen LogP contribution in [-0.2, 0) is 11.2 Å². The minimum Gasteiger partial charge on any atom is -0.313 e. The third-order valence-electron chi connectivity index (χ3n) is 3.27. The summed E-state index contributed by atoms with van der Waals surface area (Å²) < 4.78 is 0. The number of benzene rings is 2. The smallest absolute Gasteiger partial charge is 0.239 e. The molecule has 0 radical (unpaired) electrons. The summed E-state index contributed by atoms with van der Waals surface area (Å²) in [5.41, 5.74) is 2.15. The predicted molar refractivity (Wildman–Crippen MR) is 87.5 cm³/mol. The Morgan fingerprint density at radius 3 is 2.48 bits per heavy atom. The van der Waals surface area contributed by atoms with Gasteiger partial charge in [-0.1, -0.05) is 42.5 Å². The van der Waals surface area contributed by atoms with Gasteiger partial charge in [0.25, 0.3) is 0 Å². The molecule has 2 aromatic carbocycles. The topological polar surface area (TPSA) is 44.1 Å². The molecule has 4 heteroatoms. The van der Waals surface area contributed by atoms with Crippen LogP contribution in [0.4, 0.5) is 5.69 Å². The molecule has 0 bridgehead atoms. The van der Waals surface area contributed by atoms with E-state index in [9.17, 15) is 4.79 Å². The number of hydrogen-bond donors (Lipinski definition) is 1. The minimum atomic E-state index is -0.441. The highest BCUT2D eigenvalue weighted by atomic mass is 32.1. The Labute approximate surface area is 130 Å².